The smallest absolute Gasteiger partial charge is 0.251 e. The van der Waals surface area contributed by atoms with Crippen LogP contribution in [0.2, 0.25) is 0 Å². The molecule has 0 spiro atoms. The van der Waals surface area contributed by atoms with E-state index in [4.69, 9.17) is 4.74 Å². The molecule has 5 nitrogen and oxygen atoms in total. The fraction of sp³-hybridized carbons (Fsp3) is 0.364. The topological polar surface area (TPSA) is 58.6 Å². The molecule has 2 aromatic carbocycles. The van der Waals surface area contributed by atoms with E-state index in [1.54, 1.807) is 7.11 Å². The number of methoxy groups -OCH3 is 1. The quantitative estimate of drug-likeness (QED) is 0.813. The van der Waals surface area contributed by atoms with Crippen LogP contribution in [0.15, 0.2) is 48.5 Å². The van der Waals surface area contributed by atoms with Gasteiger partial charge in [0.15, 0.2) is 0 Å². The van der Waals surface area contributed by atoms with Crippen LogP contribution in [0.4, 0.5) is 0 Å². The van der Waals surface area contributed by atoms with Crippen LogP contribution in [0.25, 0.3) is 0 Å². The maximum absolute atomic E-state index is 12.7. The van der Waals surface area contributed by atoms with Crippen molar-refractivity contribution in [3.63, 3.8) is 0 Å². The highest BCUT2D eigenvalue weighted by atomic mass is 16.5. The summed E-state index contributed by atoms with van der Waals surface area (Å²) in [6, 6.07) is 15.2. The summed E-state index contributed by atoms with van der Waals surface area (Å²) in [4.78, 5) is 26.4. The molecule has 1 aliphatic rings. The number of amides is 2. The Morgan fingerprint density at radius 3 is 2.63 bits per heavy atom. The summed E-state index contributed by atoms with van der Waals surface area (Å²) in [6.45, 7) is 3.41. The molecular formula is C22H26N2O3. The molecule has 142 valence electrons. The van der Waals surface area contributed by atoms with E-state index in [0.717, 1.165) is 36.3 Å². The van der Waals surface area contributed by atoms with E-state index >= 15 is 0 Å². The molecule has 0 bridgehead atoms. The van der Waals surface area contributed by atoms with Crippen LogP contribution in [0.1, 0.15) is 53.7 Å². The highest BCUT2D eigenvalue weighted by molar-refractivity contribution is 5.94. The van der Waals surface area contributed by atoms with Crippen LogP contribution in [0, 0.1) is 0 Å². The van der Waals surface area contributed by atoms with Gasteiger partial charge in [-0.15, -0.1) is 0 Å². The van der Waals surface area contributed by atoms with Gasteiger partial charge >= 0.3 is 0 Å². The standard InChI is InChI=1S/C22H26N2O3/c1-3-20(17-9-11-19(27-2)12-10-17)23-22(26)18-7-4-6-16(14-18)15-24-13-5-8-21(24)25/h4,6-7,9-12,14,20H,3,5,8,13,15H2,1-2H3,(H,23,26). The fourth-order valence-corrected chi connectivity index (χ4v) is 3.40. The molecular weight excluding hydrogens is 340 g/mol. The second-order valence-corrected chi connectivity index (χ2v) is 6.83. The maximum Gasteiger partial charge on any atom is 0.251 e. The summed E-state index contributed by atoms with van der Waals surface area (Å²) in [7, 11) is 1.64. The molecule has 1 saturated heterocycles. The van der Waals surface area contributed by atoms with Crippen LogP contribution in [0.5, 0.6) is 5.75 Å². The van der Waals surface area contributed by atoms with Crippen LogP contribution in [-0.4, -0.2) is 30.4 Å². The van der Waals surface area contributed by atoms with Crippen molar-refractivity contribution < 1.29 is 14.3 Å². The van der Waals surface area contributed by atoms with Crippen molar-refractivity contribution in [2.45, 2.75) is 38.8 Å². The van der Waals surface area contributed by atoms with Gasteiger partial charge in [-0.05, 0) is 48.2 Å². The first-order valence-corrected chi connectivity index (χ1v) is 9.42. The van der Waals surface area contributed by atoms with Gasteiger partial charge in [0.1, 0.15) is 5.75 Å². The highest BCUT2D eigenvalue weighted by Crippen LogP contribution is 2.21. The zero-order chi connectivity index (χ0) is 19.2. The molecule has 5 heteroatoms. The lowest BCUT2D eigenvalue weighted by molar-refractivity contribution is -0.128. The third-order valence-corrected chi connectivity index (χ3v) is 4.97. The van der Waals surface area contributed by atoms with Crippen LogP contribution in [-0.2, 0) is 11.3 Å². The Morgan fingerprint density at radius 2 is 2.00 bits per heavy atom. The molecule has 0 saturated carbocycles. The Morgan fingerprint density at radius 1 is 1.22 bits per heavy atom. The predicted molar refractivity (Wildman–Crippen MR) is 105 cm³/mol. The number of hydrogen-bond acceptors (Lipinski definition) is 3. The minimum Gasteiger partial charge on any atom is -0.497 e. The van der Waals surface area contributed by atoms with Crippen molar-refractivity contribution in [2.75, 3.05) is 13.7 Å². The molecule has 1 N–H and O–H groups in total. The zero-order valence-corrected chi connectivity index (χ0v) is 15.9. The summed E-state index contributed by atoms with van der Waals surface area (Å²) >= 11 is 0. The zero-order valence-electron chi connectivity index (χ0n) is 15.9. The van der Waals surface area contributed by atoms with Crippen LogP contribution in [0.3, 0.4) is 0 Å². The number of rotatable bonds is 7. The number of likely N-dealkylation sites (tertiary alicyclic amines) is 1. The van der Waals surface area contributed by atoms with Gasteiger partial charge in [0, 0.05) is 25.1 Å². The van der Waals surface area contributed by atoms with E-state index in [1.807, 2.05) is 60.4 Å². The Bertz CT molecular complexity index is 801. The SMILES string of the molecule is CCC(NC(=O)c1cccc(CN2CCCC2=O)c1)c1ccc(OC)cc1. The third kappa shape index (κ3) is 4.67. The lowest BCUT2D eigenvalue weighted by Gasteiger charge is -2.19. The molecule has 1 atom stereocenters. The van der Waals surface area contributed by atoms with Crippen molar-refractivity contribution >= 4 is 11.8 Å². The number of carbonyl (C=O) groups excluding carboxylic acids is 2. The normalized spacial score (nSPS) is 14.9. The number of hydrogen-bond donors (Lipinski definition) is 1. The molecule has 1 fully saturated rings. The van der Waals surface area contributed by atoms with Gasteiger partial charge in [0.25, 0.3) is 5.91 Å². The maximum atomic E-state index is 12.7. The second-order valence-electron chi connectivity index (χ2n) is 6.83. The first-order chi connectivity index (χ1) is 13.1. The average molecular weight is 366 g/mol. The summed E-state index contributed by atoms with van der Waals surface area (Å²) in [5.41, 5.74) is 2.65. The minimum atomic E-state index is -0.104. The molecule has 0 aromatic heterocycles. The molecule has 27 heavy (non-hydrogen) atoms. The number of ether oxygens (including phenoxy) is 1. The first-order valence-electron chi connectivity index (χ1n) is 9.42. The fourth-order valence-electron chi connectivity index (χ4n) is 3.40. The van der Waals surface area contributed by atoms with E-state index in [9.17, 15) is 9.59 Å². The summed E-state index contributed by atoms with van der Waals surface area (Å²) in [6.07, 6.45) is 2.33. The summed E-state index contributed by atoms with van der Waals surface area (Å²) < 4.78 is 5.19. The van der Waals surface area contributed by atoms with Crippen molar-refractivity contribution in [1.82, 2.24) is 10.2 Å². The molecule has 1 unspecified atom stereocenters. The Kier molecular flexibility index (Phi) is 6.12. The third-order valence-electron chi connectivity index (χ3n) is 4.97. The Balaban J connectivity index is 1.68. The number of nitrogens with one attached hydrogen (secondary N) is 1. The molecule has 1 aliphatic heterocycles. The van der Waals surface area contributed by atoms with Gasteiger partial charge in [-0.25, -0.2) is 0 Å². The van der Waals surface area contributed by atoms with Crippen LogP contribution < -0.4 is 10.1 Å². The van der Waals surface area contributed by atoms with Gasteiger partial charge < -0.3 is 15.0 Å². The number of benzene rings is 2. The van der Waals surface area contributed by atoms with Crippen molar-refractivity contribution in [1.29, 1.82) is 0 Å². The average Bonchev–Trinajstić information content (AvgIpc) is 3.10. The molecule has 1 heterocycles. The monoisotopic (exact) mass is 366 g/mol. The Hall–Kier alpha value is -2.82. The molecule has 2 amide bonds. The van der Waals surface area contributed by atoms with Gasteiger partial charge in [-0.1, -0.05) is 31.2 Å². The number of nitrogens with zero attached hydrogens (tertiary/aromatic N) is 1. The van der Waals surface area contributed by atoms with Crippen molar-refractivity contribution in [3.05, 3.63) is 65.2 Å². The molecule has 0 aliphatic carbocycles. The van der Waals surface area contributed by atoms with E-state index in [1.165, 1.54) is 0 Å². The van der Waals surface area contributed by atoms with Gasteiger partial charge in [-0.2, -0.15) is 0 Å². The lowest BCUT2D eigenvalue weighted by atomic mass is 10.0. The van der Waals surface area contributed by atoms with Gasteiger partial charge in [0.05, 0.1) is 13.2 Å². The molecule has 3 rings (SSSR count). The lowest BCUT2D eigenvalue weighted by Crippen LogP contribution is -2.28. The summed E-state index contributed by atoms with van der Waals surface area (Å²) in [5.74, 6) is 0.881. The van der Waals surface area contributed by atoms with Gasteiger partial charge in [0.2, 0.25) is 5.91 Å². The predicted octanol–water partition coefficient (Wildman–Crippen LogP) is 3.70. The molecule has 0 radical (unpaired) electrons. The van der Waals surface area contributed by atoms with E-state index < -0.39 is 0 Å². The van der Waals surface area contributed by atoms with Gasteiger partial charge in [-0.3, -0.25) is 9.59 Å². The van der Waals surface area contributed by atoms with E-state index in [-0.39, 0.29) is 17.9 Å². The molecule has 2 aromatic rings. The second kappa shape index (κ2) is 8.71. The highest BCUT2D eigenvalue weighted by Gasteiger charge is 2.20. The first kappa shape index (κ1) is 19.0. The largest absolute Gasteiger partial charge is 0.497 e. The van der Waals surface area contributed by atoms with Crippen molar-refractivity contribution in [2.24, 2.45) is 0 Å². The van der Waals surface area contributed by atoms with Crippen molar-refractivity contribution in [3.8, 4) is 5.75 Å². The van der Waals surface area contributed by atoms with Crippen LogP contribution >= 0.6 is 0 Å². The minimum absolute atomic E-state index is 0.0628. The summed E-state index contributed by atoms with van der Waals surface area (Å²) in [5, 5.41) is 3.11. The van der Waals surface area contributed by atoms with E-state index in [2.05, 4.69) is 5.32 Å². The Labute approximate surface area is 160 Å². The van der Waals surface area contributed by atoms with E-state index in [0.29, 0.717) is 18.5 Å². The number of carbonyl (C=O) groups is 2.